The molecule has 0 radical (unpaired) electrons. The van der Waals surface area contributed by atoms with Gasteiger partial charge in [0.15, 0.2) is 0 Å². The summed E-state index contributed by atoms with van der Waals surface area (Å²) in [5.41, 5.74) is 8.47. The van der Waals surface area contributed by atoms with E-state index >= 15 is 0 Å². The molecule has 88 valence electrons. The molecule has 1 rings (SSSR count). The number of benzene rings is 1. The first-order valence-corrected chi connectivity index (χ1v) is 5.33. The van der Waals surface area contributed by atoms with Gasteiger partial charge in [-0.2, -0.15) is 0 Å². The topological polar surface area (TPSA) is 63.3 Å². The van der Waals surface area contributed by atoms with Crippen LogP contribution in [-0.2, 0) is 10.2 Å². The highest BCUT2D eigenvalue weighted by Crippen LogP contribution is 2.27. The molecule has 0 aromatic heterocycles. The van der Waals surface area contributed by atoms with Crippen LogP contribution in [-0.4, -0.2) is 17.1 Å². The molecule has 3 heteroatoms. The summed E-state index contributed by atoms with van der Waals surface area (Å²) in [4.78, 5) is 10.9. The van der Waals surface area contributed by atoms with Crippen molar-refractivity contribution < 1.29 is 9.90 Å². The molecule has 1 atom stereocenters. The number of aryl methyl sites for hydroxylation is 2. The molecular formula is C13H19NO2. The minimum absolute atomic E-state index is 0.565. The molecule has 0 saturated carbocycles. The van der Waals surface area contributed by atoms with E-state index in [0.717, 1.165) is 11.1 Å². The highest BCUT2D eigenvalue weighted by atomic mass is 16.4. The SMILES string of the molecule is Cc1ccc(C(C)(C)C(N)C(=O)O)cc1C. The monoisotopic (exact) mass is 221 g/mol. The molecule has 1 aromatic carbocycles. The van der Waals surface area contributed by atoms with E-state index in [1.807, 2.05) is 45.9 Å². The van der Waals surface area contributed by atoms with Gasteiger partial charge >= 0.3 is 5.97 Å². The molecule has 0 fully saturated rings. The van der Waals surface area contributed by atoms with Crippen molar-refractivity contribution >= 4 is 5.97 Å². The quantitative estimate of drug-likeness (QED) is 0.820. The van der Waals surface area contributed by atoms with Crippen molar-refractivity contribution in [2.45, 2.75) is 39.2 Å². The van der Waals surface area contributed by atoms with Crippen LogP contribution >= 0.6 is 0 Å². The zero-order valence-electron chi connectivity index (χ0n) is 10.2. The van der Waals surface area contributed by atoms with Crippen LogP contribution in [0.2, 0.25) is 0 Å². The van der Waals surface area contributed by atoms with Crippen LogP contribution in [0.5, 0.6) is 0 Å². The Morgan fingerprint density at radius 1 is 1.31 bits per heavy atom. The van der Waals surface area contributed by atoms with Gasteiger partial charge in [-0.3, -0.25) is 4.79 Å². The normalized spacial score (nSPS) is 13.6. The standard InChI is InChI=1S/C13H19NO2/c1-8-5-6-10(7-9(8)2)13(3,4)11(14)12(15)16/h5-7,11H,14H2,1-4H3,(H,15,16). The molecular weight excluding hydrogens is 202 g/mol. The van der Waals surface area contributed by atoms with Gasteiger partial charge < -0.3 is 10.8 Å². The highest BCUT2D eigenvalue weighted by Gasteiger charge is 2.33. The number of hydrogen-bond donors (Lipinski definition) is 2. The maximum atomic E-state index is 10.9. The molecule has 0 aliphatic carbocycles. The number of nitrogens with two attached hydrogens (primary N) is 1. The summed E-state index contributed by atoms with van der Waals surface area (Å²) in [6, 6.07) is 5.07. The van der Waals surface area contributed by atoms with Gasteiger partial charge in [-0.05, 0) is 30.5 Å². The maximum absolute atomic E-state index is 10.9. The zero-order chi connectivity index (χ0) is 12.5. The molecule has 0 amide bonds. The number of carboxylic acids is 1. The molecule has 3 N–H and O–H groups in total. The molecule has 0 spiro atoms. The second-order valence-electron chi connectivity index (χ2n) is 4.84. The van der Waals surface area contributed by atoms with E-state index in [9.17, 15) is 4.79 Å². The Balaban J connectivity index is 3.16. The summed E-state index contributed by atoms with van der Waals surface area (Å²) < 4.78 is 0. The summed E-state index contributed by atoms with van der Waals surface area (Å²) in [6.07, 6.45) is 0. The largest absolute Gasteiger partial charge is 0.480 e. The van der Waals surface area contributed by atoms with E-state index in [1.165, 1.54) is 5.56 Å². The van der Waals surface area contributed by atoms with Crippen LogP contribution in [0.1, 0.15) is 30.5 Å². The third-order valence-corrected chi connectivity index (χ3v) is 3.29. The van der Waals surface area contributed by atoms with Gasteiger partial charge in [0.05, 0.1) is 0 Å². The van der Waals surface area contributed by atoms with Gasteiger partial charge in [-0.1, -0.05) is 32.0 Å². The van der Waals surface area contributed by atoms with E-state index in [2.05, 4.69) is 0 Å². The Morgan fingerprint density at radius 2 is 1.88 bits per heavy atom. The van der Waals surface area contributed by atoms with E-state index in [1.54, 1.807) is 0 Å². The molecule has 1 aromatic rings. The fourth-order valence-electron chi connectivity index (χ4n) is 1.63. The van der Waals surface area contributed by atoms with Gasteiger partial charge in [0, 0.05) is 5.41 Å². The minimum atomic E-state index is -0.969. The van der Waals surface area contributed by atoms with Crippen molar-refractivity contribution in [1.82, 2.24) is 0 Å². The molecule has 16 heavy (non-hydrogen) atoms. The maximum Gasteiger partial charge on any atom is 0.321 e. The Kier molecular flexibility index (Phi) is 3.38. The van der Waals surface area contributed by atoms with Crippen molar-refractivity contribution in [2.24, 2.45) is 5.73 Å². The van der Waals surface area contributed by atoms with E-state index in [0.29, 0.717) is 0 Å². The first kappa shape index (κ1) is 12.7. The van der Waals surface area contributed by atoms with Crippen LogP contribution < -0.4 is 5.73 Å². The lowest BCUT2D eigenvalue weighted by Gasteiger charge is -2.29. The molecule has 1 unspecified atom stereocenters. The minimum Gasteiger partial charge on any atom is -0.480 e. The number of carboxylic acid groups (broad SMARTS) is 1. The van der Waals surface area contributed by atoms with Crippen LogP contribution in [0.15, 0.2) is 18.2 Å². The summed E-state index contributed by atoms with van der Waals surface area (Å²) in [5.74, 6) is -0.969. The van der Waals surface area contributed by atoms with Crippen LogP contribution in [0.3, 0.4) is 0 Å². The average molecular weight is 221 g/mol. The van der Waals surface area contributed by atoms with Crippen molar-refractivity contribution in [3.05, 3.63) is 34.9 Å². The lowest BCUT2D eigenvalue weighted by molar-refractivity contribution is -0.140. The summed E-state index contributed by atoms with van der Waals surface area (Å²) in [6.45, 7) is 7.76. The van der Waals surface area contributed by atoms with Gasteiger partial charge in [0.1, 0.15) is 6.04 Å². The fraction of sp³-hybridized carbons (Fsp3) is 0.462. The molecule has 3 nitrogen and oxygen atoms in total. The number of aliphatic carboxylic acids is 1. The summed E-state index contributed by atoms with van der Waals surface area (Å²) in [5, 5.41) is 8.98. The lowest BCUT2D eigenvalue weighted by atomic mass is 9.77. The van der Waals surface area contributed by atoms with Gasteiger partial charge in [0.25, 0.3) is 0 Å². The predicted molar refractivity (Wildman–Crippen MR) is 64.6 cm³/mol. The Morgan fingerprint density at radius 3 is 2.31 bits per heavy atom. The van der Waals surface area contributed by atoms with Crippen LogP contribution in [0.4, 0.5) is 0 Å². The zero-order valence-corrected chi connectivity index (χ0v) is 10.2. The van der Waals surface area contributed by atoms with Crippen molar-refractivity contribution in [2.75, 3.05) is 0 Å². The van der Waals surface area contributed by atoms with E-state index in [-0.39, 0.29) is 0 Å². The Bertz CT molecular complexity index is 410. The highest BCUT2D eigenvalue weighted by molar-refractivity contribution is 5.75. The third kappa shape index (κ3) is 2.25. The second-order valence-corrected chi connectivity index (χ2v) is 4.84. The molecule has 0 aliphatic rings. The molecule has 0 saturated heterocycles. The Labute approximate surface area is 96.3 Å². The fourth-order valence-corrected chi connectivity index (χ4v) is 1.63. The predicted octanol–water partition coefficient (Wildman–Crippen LogP) is 1.99. The van der Waals surface area contributed by atoms with Gasteiger partial charge in [-0.15, -0.1) is 0 Å². The summed E-state index contributed by atoms with van der Waals surface area (Å²) in [7, 11) is 0. The summed E-state index contributed by atoms with van der Waals surface area (Å²) >= 11 is 0. The average Bonchev–Trinajstić information content (AvgIpc) is 2.20. The van der Waals surface area contributed by atoms with E-state index in [4.69, 9.17) is 10.8 Å². The molecule has 0 heterocycles. The Hall–Kier alpha value is -1.35. The van der Waals surface area contributed by atoms with Crippen LogP contribution in [0, 0.1) is 13.8 Å². The third-order valence-electron chi connectivity index (χ3n) is 3.29. The van der Waals surface area contributed by atoms with Gasteiger partial charge in [0.2, 0.25) is 0 Å². The van der Waals surface area contributed by atoms with Gasteiger partial charge in [-0.25, -0.2) is 0 Å². The molecule has 0 bridgehead atoms. The number of carbonyl (C=O) groups is 1. The van der Waals surface area contributed by atoms with Crippen molar-refractivity contribution in [3.63, 3.8) is 0 Å². The first-order chi connectivity index (χ1) is 7.26. The second kappa shape index (κ2) is 4.26. The van der Waals surface area contributed by atoms with Crippen LogP contribution in [0.25, 0.3) is 0 Å². The van der Waals surface area contributed by atoms with E-state index < -0.39 is 17.4 Å². The lowest BCUT2D eigenvalue weighted by Crippen LogP contribution is -2.46. The first-order valence-electron chi connectivity index (χ1n) is 5.33. The number of hydrogen-bond acceptors (Lipinski definition) is 2. The molecule has 0 aliphatic heterocycles. The smallest absolute Gasteiger partial charge is 0.321 e. The van der Waals surface area contributed by atoms with Crippen molar-refractivity contribution in [1.29, 1.82) is 0 Å². The van der Waals surface area contributed by atoms with Crippen molar-refractivity contribution in [3.8, 4) is 0 Å². The number of rotatable bonds is 3.